The molecular weight excluding hydrogens is 150 g/mol. The van der Waals surface area contributed by atoms with Crippen LogP contribution in [0.4, 0.5) is 0 Å². The number of rotatable bonds is 1. The van der Waals surface area contributed by atoms with Gasteiger partial charge in [0.2, 0.25) is 0 Å². The molecule has 0 unspecified atom stereocenters. The molecule has 3 heteroatoms. The van der Waals surface area contributed by atoms with Crippen molar-refractivity contribution in [1.29, 1.82) is 0 Å². The molecule has 0 saturated heterocycles. The van der Waals surface area contributed by atoms with Crippen molar-refractivity contribution in [2.24, 2.45) is 0 Å². The lowest BCUT2D eigenvalue weighted by atomic mass is 10.2. The molecule has 2 nitrogen and oxygen atoms in total. The second kappa shape index (κ2) is 2.71. The summed E-state index contributed by atoms with van der Waals surface area (Å²) in [4.78, 5) is 3.65. The van der Waals surface area contributed by atoms with E-state index in [0.717, 1.165) is 0 Å². The summed E-state index contributed by atoms with van der Waals surface area (Å²) in [6.45, 7) is 3.49. The number of hydrogen-bond acceptors (Lipinski definition) is 2. The van der Waals surface area contributed by atoms with E-state index in [0.29, 0.717) is 10.7 Å². The Balaban J connectivity index is 3.21. The fourth-order valence-corrected chi connectivity index (χ4v) is 0.767. The van der Waals surface area contributed by atoms with Crippen LogP contribution in [0.2, 0.25) is 5.15 Å². The molecule has 0 aliphatic rings. The zero-order chi connectivity index (χ0) is 7.56. The molecule has 0 fully saturated rings. The van der Waals surface area contributed by atoms with E-state index in [1.54, 1.807) is 6.07 Å². The lowest BCUT2D eigenvalue weighted by molar-refractivity contribution is 0.471. The molecule has 0 atom stereocenters. The van der Waals surface area contributed by atoms with E-state index in [2.05, 4.69) is 11.6 Å². The highest BCUT2D eigenvalue weighted by Gasteiger charge is 1.96. The molecule has 1 rings (SSSR count). The normalized spacial score (nSPS) is 9.30. The standard InChI is InChI=1S/C7H6ClNO/c1-2-5-3-7(8)9-4-6(5)10/h2-4,10H,1H2. The quantitative estimate of drug-likeness (QED) is 0.630. The maximum absolute atomic E-state index is 9.04. The van der Waals surface area contributed by atoms with Crippen LogP contribution in [0.5, 0.6) is 5.75 Å². The molecule has 1 heterocycles. The molecule has 0 bridgehead atoms. The third kappa shape index (κ3) is 1.28. The van der Waals surface area contributed by atoms with Crippen LogP contribution in [-0.2, 0) is 0 Å². The van der Waals surface area contributed by atoms with Crippen LogP contribution in [0.15, 0.2) is 18.8 Å². The van der Waals surface area contributed by atoms with Crippen molar-refractivity contribution in [2.45, 2.75) is 0 Å². The van der Waals surface area contributed by atoms with Gasteiger partial charge in [0.1, 0.15) is 10.9 Å². The molecule has 0 aromatic carbocycles. The SMILES string of the molecule is C=Cc1cc(Cl)ncc1O. The largest absolute Gasteiger partial charge is 0.506 e. The molecule has 1 aromatic rings. The Hall–Kier alpha value is -1.02. The van der Waals surface area contributed by atoms with E-state index < -0.39 is 0 Å². The molecule has 0 aliphatic heterocycles. The van der Waals surface area contributed by atoms with E-state index in [1.807, 2.05) is 0 Å². The monoisotopic (exact) mass is 155 g/mol. The van der Waals surface area contributed by atoms with Crippen LogP contribution in [0, 0.1) is 0 Å². The summed E-state index contributed by atoms with van der Waals surface area (Å²) in [5.74, 6) is 0.0967. The van der Waals surface area contributed by atoms with Gasteiger partial charge in [-0.15, -0.1) is 0 Å². The topological polar surface area (TPSA) is 33.1 Å². The van der Waals surface area contributed by atoms with Gasteiger partial charge in [-0.3, -0.25) is 0 Å². The van der Waals surface area contributed by atoms with Crippen LogP contribution >= 0.6 is 11.6 Å². The third-order valence-electron chi connectivity index (χ3n) is 1.10. The van der Waals surface area contributed by atoms with Gasteiger partial charge in [0, 0.05) is 5.56 Å². The Kier molecular flexibility index (Phi) is 1.92. The molecule has 52 valence electrons. The van der Waals surface area contributed by atoms with Gasteiger partial charge in [0.05, 0.1) is 6.20 Å². The second-order valence-corrected chi connectivity index (χ2v) is 2.16. The van der Waals surface area contributed by atoms with Gasteiger partial charge in [-0.2, -0.15) is 0 Å². The van der Waals surface area contributed by atoms with Gasteiger partial charge in [-0.1, -0.05) is 24.3 Å². The van der Waals surface area contributed by atoms with Crippen molar-refractivity contribution < 1.29 is 5.11 Å². The van der Waals surface area contributed by atoms with Crippen molar-refractivity contribution in [3.05, 3.63) is 29.6 Å². The molecule has 0 spiro atoms. The molecule has 10 heavy (non-hydrogen) atoms. The van der Waals surface area contributed by atoms with Crippen molar-refractivity contribution in [2.75, 3.05) is 0 Å². The van der Waals surface area contributed by atoms with Gasteiger partial charge >= 0.3 is 0 Å². The van der Waals surface area contributed by atoms with E-state index >= 15 is 0 Å². The van der Waals surface area contributed by atoms with Crippen molar-refractivity contribution in [3.63, 3.8) is 0 Å². The lowest BCUT2D eigenvalue weighted by Gasteiger charge is -1.96. The smallest absolute Gasteiger partial charge is 0.141 e. The first-order valence-electron chi connectivity index (χ1n) is 2.71. The van der Waals surface area contributed by atoms with Crippen molar-refractivity contribution >= 4 is 17.7 Å². The van der Waals surface area contributed by atoms with Crippen LogP contribution in [0.3, 0.4) is 0 Å². The minimum atomic E-state index is 0.0967. The first-order valence-corrected chi connectivity index (χ1v) is 3.09. The van der Waals surface area contributed by atoms with Crippen LogP contribution in [-0.4, -0.2) is 10.1 Å². The molecule has 1 N–H and O–H groups in total. The number of aromatic nitrogens is 1. The molecule has 0 aliphatic carbocycles. The molecule has 0 saturated carbocycles. The van der Waals surface area contributed by atoms with Gasteiger partial charge in [-0.25, -0.2) is 4.98 Å². The van der Waals surface area contributed by atoms with E-state index in [-0.39, 0.29) is 5.75 Å². The number of nitrogens with zero attached hydrogens (tertiary/aromatic N) is 1. The maximum Gasteiger partial charge on any atom is 0.141 e. The molecule has 0 radical (unpaired) electrons. The predicted octanol–water partition coefficient (Wildman–Crippen LogP) is 2.08. The van der Waals surface area contributed by atoms with Gasteiger partial charge < -0.3 is 5.11 Å². The number of halogens is 1. The van der Waals surface area contributed by atoms with E-state index in [9.17, 15) is 0 Å². The molecule has 0 amide bonds. The van der Waals surface area contributed by atoms with Gasteiger partial charge in [0.15, 0.2) is 0 Å². The average Bonchev–Trinajstić information content (AvgIpc) is 1.94. The Morgan fingerprint density at radius 2 is 2.40 bits per heavy atom. The van der Waals surface area contributed by atoms with Crippen LogP contribution in [0.25, 0.3) is 6.08 Å². The molecular formula is C7H6ClNO. The maximum atomic E-state index is 9.04. The summed E-state index contributed by atoms with van der Waals surface area (Å²) in [6.07, 6.45) is 2.81. The summed E-state index contributed by atoms with van der Waals surface area (Å²) in [5, 5.41) is 9.40. The Morgan fingerprint density at radius 3 is 2.90 bits per heavy atom. The number of aromatic hydroxyl groups is 1. The fraction of sp³-hybridized carbons (Fsp3) is 0. The summed E-state index contributed by atoms with van der Waals surface area (Å²) in [7, 11) is 0. The summed E-state index contributed by atoms with van der Waals surface area (Å²) in [5.41, 5.74) is 0.597. The zero-order valence-corrected chi connectivity index (χ0v) is 5.97. The minimum absolute atomic E-state index is 0.0967. The number of hydrogen-bond donors (Lipinski definition) is 1. The van der Waals surface area contributed by atoms with Gasteiger partial charge in [0.25, 0.3) is 0 Å². The predicted molar refractivity (Wildman–Crippen MR) is 41.0 cm³/mol. The highest BCUT2D eigenvalue weighted by Crippen LogP contribution is 2.18. The average molecular weight is 156 g/mol. The summed E-state index contributed by atoms with van der Waals surface area (Å²) >= 11 is 5.53. The van der Waals surface area contributed by atoms with Gasteiger partial charge in [-0.05, 0) is 6.07 Å². The second-order valence-electron chi connectivity index (χ2n) is 1.77. The Morgan fingerprint density at radius 1 is 1.70 bits per heavy atom. The van der Waals surface area contributed by atoms with E-state index in [1.165, 1.54) is 12.3 Å². The van der Waals surface area contributed by atoms with Crippen molar-refractivity contribution in [3.8, 4) is 5.75 Å². The Bertz CT molecular complexity index is 260. The zero-order valence-electron chi connectivity index (χ0n) is 5.21. The van der Waals surface area contributed by atoms with E-state index in [4.69, 9.17) is 16.7 Å². The highest BCUT2D eigenvalue weighted by atomic mass is 35.5. The third-order valence-corrected chi connectivity index (χ3v) is 1.31. The van der Waals surface area contributed by atoms with Crippen molar-refractivity contribution in [1.82, 2.24) is 4.98 Å². The number of pyridine rings is 1. The van der Waals surface area contributed by atoms with Crippen LogP contribution < -0.4 is 0 Å². The Labute approximate surface area is 63.8 Å². The summed E-state index contributed by atoms with van der Waals surface area (Å²) in [6, 6.07) is 1.55. The fourth-order valence-electron chi connectivity index (χ4n) is 0.600. The summed E-state index contributed by atoms with van der Waals surface area (Å²) < 4.78 is 0. The minimum Gasteiger partial charge on any atom is -0.506 e. The first-order chi connectivity index (χ1) is 4.74. The van der Waals surface area contributed by atoms with Crippen LogP contribution in [0.1, 0.15) is 5.56 Å². The molecule has 1 aromatic heterocycles. The lowest BCUT2D eigenvalue weighted by Crippen LogP contribution is -1.77. The first kappa shape index (κ1) is 7.09. The highest BCUT2D eigenvalue weighted by molar-refractivity contribution is 6.29.